The van der Waals surface area contributed by atoms with Gasteiger partial charge >= 0.3 is 0 Å². The van der Waals surface area contributed by atoms with Crippen molar-refractivity contribution in [3.05, 3.63) is 42.5 Å². The van der Waals surface area contributed by atoms with E-state index in [0.29, 0.717) is 16.7 Å². The topological polar surface area (TPSA) is 94.8 Å². The van der Waals surface area contributed by atoms with Crippen LogP contribution in [0.3, 0.4) is 0 Å². The number of carbonyl (C=O) groups excluding carboxylic acids is 1. The average Bonchev–Trinajstić information content (AvgIpc) is 3.35. The fraction of sp³-hybridized carbons (Fsp3) is 0.227. The number of nitrogens with zero attached hydrogens (tertiary/aromatic N) is 5. The van der Waals surface area contributed by atoms with Crippen molar-refractivity contribution in [2.75, 3.05) is 12.4 Å². The van der Waals surface area contributed by atoms with Gasteiger partial charge in [0.25, 0.3) is 0 Å². The molecule has 1 unspecified atom stereocenters. The molecule has 0 aliphatic carbocycles. The number of amides is 1. The number of ether oxygens (including phenoxy) is 1. The number of thiazole rings is 1. The smallest absolute Gasteiger partial charge is 0.239 e. The Balaban J connectivity index is 1.37. The fourth-order valence-corrected chi connectivity index (χ4v) is 5.27. The van der Waals surface area contributed by atoms with E-state index in [1.54, 1.807) is 7.11 Å². The summed E-state index contributed by atoms with van der Waals surface area (Å²) in [5, 5.41) is 13.3. The van der Waals surface area contributed by atoms with Crippen molar-refractivity contribution in [1.29, 1.82) is 0 Å². The SMILES string of the molecule is CCC(Sc1nnc2c3ccccc3n(C)c2n1)C(=O)Nc1nc2ccc(OC)cc2s1. The molecule has 2 aromatic carbocycles. The summed E-state index contributed by atoms with van der Waals surface area (Å²) in [5.41, 5.74) is 3.37. The van der Waals surface area contributed by atoms with E-state index in [9.17, 15) is 4.79 Å². The molecule has 0 radical (unpaired) electrons. The predicted molar refractivity (Wildman–Crippen MR) is 129 cm³/mol. The van der Waals surface area contributed by atoms with Gasteiger partial charge in [0.15, 0.2) is 10.8 Å². The number of aromatic nitrogens is 5. The number of aryl methyl sites for hydroxylation is 1. The third kappa shape index (κ3) is 3.65. The zero-order valence-corrected chi connectivity index (χ0v) is 19.3. The molecule has 10 heteroatoms. The number of hydrogen-bond donors (Lipinski definition) is 1. The quantitative estimate of drug-likeness (QED) is 0.366. The lowest BCUT2D eigenvalue weighted by Gasteiger charge is -2.12. The molecular weight excluding hydrogens is 444 g/mol. The molecule has 1 amide bonds. The summed E-state index contributed by atoms with van der Waals surface area (Å²) in [6.07, 6.45) is 0.617. The zero-order chi connectivity index (χ0) is 22.2. The zero-order valence-electron chi connectivity index (χ0n) is 17.7. The lowest BCUT2D eigenvalue weighted by Crippen LogP contribution is -2.24. The summed E-state index contributed by atoms with van der Waals surface area (Å²) in [5.74, 6) is 0.624. The minimum atomic E-state index is -0.370. The Morgan fingerprint density at radius 1 is 1.22 bits per heavy atom. The van der Waals surface area contributed by atoms with Gasteiger partial charge in [0.2, 0.25) is 11.1 Å². The summed E-state index contributed by atoms with van der Waals surface area (Å²) < 4.78 is 8.21. The Bertz CT molecular complexity index is 1460. The largest absolute Gasteiger partial charge is 0.497 e. The number of rotatable bonds is 6. The maximum atomic E-state index is 12.9. The lowest BCUT2D eigenvalue weighted by molar-refractivity contribution is -0.115. The molecule has 162 valence electrons. The van der Waals surface area contributed by atoms with Crippen LogP contribution in [0.2, 0.25) is 0 Å². The highest BCUT2D eigenvalue weighted by atomic mass is 32.2. The normalized spacial score (nSPS) is 12.5. The maximum absolute atomic E-state index is 12.9. The van der Waals surface area contributed by atoms with E-state index < -0.39 is 0 Å². The van der Waals surface area contributed by atoms with Crippen LogP contribution in [-0.4, -0.2) is 43.0 Å². The lowest BCUT2D eigenvalue weighted by atomic mass is 10.2. The van der Waals surface area contributed by atoms with E-state index >= 15 is 0 Å². The molecule has 0 saturated carbocycles. The second kappa shape index (κ2) is 8.36. The first-order chi connectivity index (χ1) is 15.6. The van der Waals surface area contributed by atoms with Gasteiger partial charge in [0, 0.05) is 12.4 Å². The monoisotopic (exact) mass is 464 g/mol. The van der Waals surface area contributed by atoms with Crippen LogP contribution in [0.5, 0.6) is 5.75 Å². The van der Waals surface area contributed by atoms with E-state index in [1.165, 1.54) is 23.1 Å². The summed E-state index contributed by atoms with van der Waals surface area (Å²) in [7, 11) is 3.58. The van der Waals surface area contributed by atoms with Gasteiger partial charge in [0.1, 0.15) is 11.3 Å². The Labute approximate surface area is 192 Å². The highest BCUT2D eigenvalue weighted by Crippen LogP contribution is 2.31. The molecule has 8 nitrogen and oxygen atoms in total. The van der Waals surface area contributed by atoms with Crippen molar-refractivity contribution in [3.63, 3.8) is 0 Å². The van der Waals surface area contributed by atoms with Crippen LogP contribution >= 0.6 is 23.1 Å². The van der Waals surface area contributed by atoms with Crippen LogP contribution < -0.4 is 10.1 Å². The number of para-hydroxylation sites is 1. The van der Waals surface area contributed by atoms with E-state index in [4.69, 9.17) is 4.74 Å². The van der Waals surface area contributed by atoms with E-state index in [2.05, 4.69) is 25.5 Å². The summed E-state index contributed by atoms with van der Waals surface area (Å²) in [4.78, 5) is 22.1. The highest BCUT2D eigenvalue weighted by molar-refractivity contribution is 8.00. The van der Waals surface area contributed by atoms with Gasteiger partial charge in [-0.3, -0.25) is 4.79 Å². The molecule has 3 heterocycles. The molecule has 3 aromatic heterocycles. The molecule has 0 saturated heterocycles. The third-order valence-electron chi connectivity index (χ3n) is 5.22. The van der Waals surface area contributed by atoms with Gasteiger partial charge in [-0.05, 0) is 30.7 Å². The summed E-state index contributed by atoms with van der Waals surface area (Å²) in [6.45, 7) is 1.96. The molecule has 1 atom stereocenters. The molecule has 0 aliphatic heterocycles. The van der Waals surface area contributed by atoms with Crippen molar-refractivity contribution in [2.24, 2.45) is 7.05 Å². The molecule has 0 bridgehead atoms. The summed E-state index contributed by atoms with van der Waals surface area (Å²) >= 11 is 2.73. The van der Waals surface area contributed by atoms with Crippen LogP contribution in [-0.2, 0) is 11.8 Å². The van der Waals surface area contributed by atoms with Gasteiger partial charge < -0.3 is 14.6 Å². The average molecular weight is 465 g/mol. The number of nitrogens with one attached hydrogen (secondary N) is 1. The molecule has 0 spiro atoms. The van der Waals surface area contributed by atoms with E-state index in [-0.39, 0.29) is 11.2 Å². The van der Waals surface area contributed by atoms with Gasteiger partial charge in [-0.1, -0.05) is 48.2 Å². The second-order valence-electron chi connectivity index (χ2n) is 7.20. The van der Waals surface area contributed by atoms with Gasteiger partial charge in [-0.25, -0.2) is 9.97 Å². The molecule has 0 aliphatic rings. The Morgan fingerprint density at radius 3 is 2.88 bits per heavy atom. The number of fused-ring (bicyclic) bond motifs is 4. The standard InChI is InChI=1S/C22H20N6O2S2/c1-4-16(20(29)25-21-23-14-10-9-12(30-3)11-17(14)32-21)31-22-24-19-18(26-27-22)13-7-5-6-8-15(13)28(19)2/h5-11,16H,4H2,1-3H3,(H,23,25,29). The van der Waals surface area contributed by atoms with Crippen LogP contribution in [0.4, 0.5) is 5.13 Å². The predicted octanol–water partition coefficient (Wildman–Crippen LogP) is 4.64. The molecular formula is C22H20N6O2S2. The van der Waals surface area contributed by atoms with Crippen molar-refractivity contribution in [3.8, 4) is 5.75 Å². The van der Waals surface area contributed by atoms with Crippen LogP contribution in [0.15, 0.2) is 47.6 Å². The number of thioether (sulfide) groups is 1. The van der Waals surface area contributed by atoms with Crippen molar-refractivity contribution in [2.45, 2.75) is 23.8 Å². The van der Waals surface area contributed by atoms with E-state index in [1.807, 2.05) is 61.0 Å². The summed E-state index contributed by atoms with van der Waals surface area (Å²) in [6, 6.07) is 13.6. The molecule has 1 N–H and O–H groups in total. The minimum Gasteiger partial charge on any atom is -0.497 e. The Kier molecular flexibility index (Phi) is 5.40. The number of benzene rings is 2. The number of hydrogen-bond acceptors (Lipinski definition) is 8. The van der Waals surface area contributed by atoms with Gasteiger partial charge in [0.05, 0.1) is 28.1 Å². The Hall–Kier alpha value is -3.24. The van der Waals surface area contributed by atoms with Crippen molar-refractivity contribution < 1.29 is 9.53 Å². The van der Waals surface area contributed by atoms with Crippen molar-refractivity contribution >= 4 is 66.4 Å². The minimum absolute atomic E-state index is 0.135. The molecule has 5 rings (SSSR count). The highest BCUT2D eigenvalue weighted by Gasteiger charge is 2.22. The number of carbonyl (C=O) groups is 1. The first kappa shape index (κ1) is 20.7. The molecule has 5 aromatic rings. The van der Waals surface area contributed by atoms with Crippen LogP contribution in [0.25, 0.3) is 32.3 Å². The molecule has 0 fully saturated rings. The maximum Gasteiger partial charge on any atom is 0.239 e. The van der Waals surface area contributed by atoms with Gasteiger partial charge in [-0.2, -0.15) is 0 Å². The van der Waals surface area contributed by atoms with E-state index in [0.717, 1.165) is 38.0 Å². The fourth-order valence-electron chi connectivity index (χ4n) is 3.56. The first-order valence-electron chi connectivity index (χ1n) is 10.1. The Morgan fingerprint density at radius 2 is 2.06 bits per heavy atom. The number of anilines is 1. The number of methoxy groups -OCH3 is 1. The van der Waals surface area contributed by atoms with Crippen molar-refractivity contribution in [1.82, 2.24) is 24.7 Å². The second-order valence-corrected chi connectivity index (χ2v) is 9.40. The van der Waals surface area contributed by atoms with Crippen LogP contribution in [0, 0.1) is 0 Å². The molecule has 32 heavy (non-hydrogen) atoms. The van der Waals surface area contributed by atoms with Gasteiger partial charge in [-0.15, -0.1) is 10.2 Å². The third-order valence-corrected chi connectivity index (χ3v) is 7.37. The van der Waals surface area contributed by atoms with Crippen LogP contribution in [0.1, 0.15) is 13.3 Å². The first-order valence-corrected chi connectivity index (χ1v) is 11.8.